The summed E-state index contributed by atoms with van der Waals surface area (Å²) in [4.78, 5) is 20.8. The molecule has 0 saturated carbocycles. The molecule has 0 amide bonds. The molecule has 1 aliphatic rings. The van der Waals surface area contributed by atoms with Crippen LogP contribution in [0, 0.1) is 0 Å². The molecule has 0 radical (unpaired) electrons. The van der Waals surface area contributed by atoms with Crippen LogP contribution in [0.4, 0.5) is 0 Å². The Bertz CT molecular complexity index is 1400. The molecule has 1 aliphatic carbocycles. The van der Waals surface area contributed by atoms with Gasteiger partial charge in [0.15, 0.2) is 0 Å². The third-order valence-electron chi connectivity index (χ3n) is 6.46. The van der Waals surface area contributed by atoms with Crippen LogP contribution in [0.25, 0.3) is 22.3 Å². The highest BCUT2D eigenvalue weighted by Crippen LogP contribution is 2.52. The summed E-state index contributed by atoms with van der Waals surface area (Å²) in [5.74, 6) is 0.340. The summed E-state index contributed by atoms with van der Waals surface area (Å²) >= 11 is 0. The SMILES string of the molecule is C=CCc1ccc(-c2cccc(P(=O)(O)O)c2C2c3ccccc3-c3ccccc32)c(OC)c1. The lowest BCUT2D eigenvalue weighted by molar-refractivity contribution is 0.387. The second kappa shape index (κ2) is 8.73. The first kappa shape index (κ1) is 22.4. The normalized spacial score (nSPS) is 12.8. The fourth-order valence-corrected chi connectivity index (χ4v) is 5.91. The Morgan fingerprint density at radius 3 is 2.06 bits per heavy atom. The minimum absolute atomic E-state index is 0.0405. The molecular formula is C29H25O4P. The summed E-state index contributed by atoms with van der Waals surface area (Å²) in [6.45, 7) is 3.81. The molecule has 34 heavy (non-hydrogen) atoms. The standard InChI is InChI=1S/C29H25O4P/c1-3-9-19-16-17-22(26(18-19)33-2)25-14-8-15-27(34(30,31)32)29(25)28-23-12-6-4-10-20(23)21-11-5-7-13-24(21)28/h3-8,10-18,28H,1,9H2,2H3,(H2,30,31,32). The fourth-order valence-electron chi connectivity index (χ4n) is 5.06. The molecule has 0 aliphatic heterocycles. The molecule has 5 rings (SSSR count). The molecule has 0 fully saturated rings. The van der Waals surface area contributed by atoms with E-state index < -0.39 is 7.60 Å². The number of hydrogen-bond acceptors (Lipinski definition) is 2. The van der Waals surface area contributed by atoms with Crippen molar-refractivity contribution < 1.29 is 19.1 Å². The minimum Gasteiger partial charge on any atom is -0.496 e. The Kier molecular flexibility index (Phi) is 5.75. The quantitative estimate of drug-likeness (QED) is 0.235. The van der Waals surface area contributed by atoms with E-state index in [-0.39, 0.29) is 11.2 Å². The molecule has 0 unspecified atom stereocenters. The van der Waals surface area contributed by atoms with E-state index in [4.69, 9.17) is 4.74 Å². The zero-order valence-electron chi connectivity index (χ0n) is 18.8. The third-order valence-corrected chi connectivity index (χ3v) is 7.47. The van der Waals surface area contributed by atoms with Crippen molar-refractivity contribution in [3.05, 3.63) is 120 Å². The maximum atomic E-state index is 12.8. The van der Waals surface area contributed by atoms with E-state index in [2.05, 4.69) is 18.7 Å². The summed E-state index contributed by atoms with van der Waals surface area (Å²) < 4.78 is 18.5. The highest BCUT2D eigenvalue weighted by molar-refractivity contribution is 7.60. The lowest BCUT2D eigenvalue weighted by Gasteiger charge is -2.24. The van der Waals surface area contributed by atoms with E-state index >= 15 is 0 Å². The van der Waals surface area contributed by atoms with Crippen LogP contribution >= 0.6 is 7.60 Å². The minimum atomic E-state index is -4.58. The highest BCUT2D eigenvalue weighted by Gasteiger charge is 2.36. The lowest BCUT2D eigenvalue weighted by Crippen LogP contribution is -2.17. The zero-order chi connectivity index (χ0) is 23.9. The summed E-state index contributed by atoms with van der Waals surface area (Å²) in [5, 5.41) is 0.0405. The summed E-state index contributed by atoms with van der Waals surface area (Å²) in [5.41, 5.74) is 7.46. The van der Waals surface area contributed by atoms with Gasteiger partial charge >= 0.3 is 7.60 Å². The van der Waals surface area contributed by atoms with Gasteiger partial charge in [-0.2, -0.15) is 0 Å². The Hall–Kier alpha value is -3.43. The van der Waals surface area contributed by atoms with Crippen molar-refractivity contribution in [3.63, 3.8) is 0 Å². The molecule has 170 valence electrons. The van der Waals surface area contributed by atoms with E-state index in [9.17, 15) is 14.4 Å². The van der Waals surface area contributed by atoms with Crippen LogP contribution in [0.15, 0.2) is 97.6 Å². The van der Waals surface area contributed by atoms with Crippen molar-refractivity contribution >= 4 is 12.9 Å². The fraction of sp³-hybridized carbons (Fsp3) is 0.103. The number of fused-ring (bicyclic) bond motifs is 3. The Morgan fingerprint density at radius 1 is 0.853 bits per heavy atom. The van der Waals surface area contributed by atoms with Crippen LogP contribution < -0.4 is 10.0 Å². The monoisotopic (exact) mass is 468 g/mol. The van der Waals surface area contributed by atoms with Gasteiger partial charge < -0.3 is 14.5 Å². The third kappa shape index (κ3) is 3.70. The first-order chi connectivity index (χ1) is 16.4. The van der Waals surface area contributed by atoms with Gasteiger partial charge in [0.25, 0.3) is 0 Å². The Morgan fingerprint density at radius 2 is 1.47 bits per heavy atom. The van der Waals surface area contributed by atoms with Crippen molar-refractivity contribution in [2.24, 2.45) is 0 Å². The van der Waals surface area contributed by atoms with E-state index in [0.29, 0.717) is 17.7 Å². The summed E-state index contributed by atoms with van der Waals surface area (Å²) in [7, 11) is -2.96. The van der Waals surface area contributed by atoms with Crippen molar-refractivity contribution in [1.82, 2.24) is 0 Å². The van der Waals surface area contributed by atoms with Crippen LogP contribution in [0.2, 0.25) is 0 Å². The molecule has 0 bridgehead atoms. The first-order valence-corrected chi connectivity index (χ1v) is 12.7. The molecule has 0 heterocycles. The van der Waals surface area contributed by atoms with Crippen LogP contribution in [-0.2, 0) is 11.0 Å². The van der Waals surface area contributed by atoms with Gasteiger partial charge in [-0.25, -0.2) is 0 Å². The molecule has 5 heteroatoms. The highest BCUT2D eigenvalue weighted by atomic mass is 31.2. The Balaban J connectivity index is 1.84. The molecule has 0 spiro atoms. The molecule has 4 aromatic carbocycles. The lowest BCUT2D eigenvalue weighted by atomic mass is 9.84. The van der Waals surface area contributed by atoms with Gasteiger partial charge in [0.1, 0.15) is 5.75 Å². The predicted molar refractivity (Wildman–Crippen MR) is 137 cm³/mol. The van der Waals surface area contributed by atoms with Gasteiger partial charge in [-0.3, -0.25) is 4.57 Å². The number of ether oxygens (including phenoxy) is 1. The van der Waals surface area contributed by atoms with E-state index in [0.717, 1.165) is 38.9 Å². The largest absolute Gasteiger partial charge is 0.496 e. The van der Waals surface area contributed by atoms with Gasteiger partial charge in [0.2, 0.25) is 0 Å². The summed E-state index contributed by atoms with van der Waals surface area (Å²) in [6, 6.07) is 27.3. The van der Waals surface area contributed by atoms with Crippen LogP contribution in [0.3, 0.4) is 0 Å². The molecule has 4 nitrogen and oxygen atoms in total. The molecule has 0 aromatic heterocycles. The number of allylic oxidation sites excluding steroid dienone is 1. The van der Waals surface area contributed by atoms with Gasteiger partial charge in [-0.1, -0.05) is 78.9 Å². The second-order valence-corrected chi connectivity index (χ2v) is 9.99. The van der Waals surface area contributed by atoms with Crippen LogP contribution in [0.5, 0.6) is 5.75 Å². The molecule has 4 aromatic rings. The van der Waals surface area contributed by atoms with Crippen LogP contribution in [-0.4, -0.2) is 16.9 Å². The molecule has 2 N–H and O–H groups in total. The van der Waals surface area contributed by atoms with Crippen LogP contribution in [0.1, 0.15) is 28.2 Å². The number of hydrogen-bond donors (Lipinski definition) is 2. The van der Waals surface area contributed by atoms with Gasteiger partial charge in [-0.05, 0) is 57.5 Å². The summed E-state index contributed by atoms with van der Waals surface area (Å²) in [6.07, 6.45) is 2.54. The number of methoxy groups -OCH3 is 1. The van der Waals surface area contributed by atoms with E-state index in [1.807, 2.05) is 66.7 Å². The van der Waals surface area contributed by atoms with Crippen molar-refractivity contribution in [1.29, 1.82) is 0 Å². The first-order valence-electron chi connectivity index (χ1n) is 11.1. The van der Waals surface area contributed by atoms with E-state index in [1.165, 1.54) is 0 Å². The van der Waals surface area contributed by atoms with E-state index in [1.54, 1.807) is 19.2 Å². The second-order valence-electron chi connectivity index (χ2n) is 8.42. The van der Waals surface area contributed by atoms with Gasteiger partial charge in [0.05, 0.1) is 12.4 Å². The van der Waals surface area contributed by atoms with Gasteiger partial charge in [-0.15, -0.1) is 6.58 Å². The molecule has 0 atom stereocenters. The predicted octanol–water partition coefficient (Wildman–Crippen LogP) is 6.05. The average molecular weight is 468 g/mol. The Labute approximate surface area is 199 Å². The topological polar surface area (TPSA) is 66.8 Å². The van der Waals surface area contributed by atoms with Crippen molar-refractivity contribution in [3.8, 4) is 28.0 Å². The van der Waals surface area contributed by atoms with Crippen molar-refractivity contribution in [2.75, 3.05) is 7.11 Å². The van der Waals surface area contributed by atoms with Crippen molar-refractivity contribution in [2.45, 2.75) is 12.3 Å². The van der Waals surface area contributed by atoms with Gasteiger partial charge in [0, 0.05) is 11.5 Å². The molecular weight excluding hydrogens is 443 g/mol. The number of rotatable bonds is 6. The zero-order valence-corrected chi connectivity index (χ0v) is 19.7. The smallest absolute Gasteiger partial charge is 0.356 e. The maximum Gasteiger partial charge on any atom is 0.356 e. The molecule has 0 saturated heterocycles. The maximum absolute atomic E-state index is 12.8. The average Bonchev–Trinajstić information content (AvgIpc) is 3.17. The number of benzene rings is 4.